The van der Waals surface area contributed by atoms with Gasteiger partial charge in [-0.3, -0.25) is 0 Å². The van der Waals surface area contributed by atoms with E-state index in [1.807, 2.05) is 7.05 Å². The zero-order valence-corrected chi connectivity index (χ0v) is 11.1. The van der Waals surface area contributed by atoms with Crippen LogP contribution in [-0.2, 0) is 0 Å². The Balaban J connectivity index is 2.57. The first-order valence-corrected chi connectivity index (χ1v) is 6.00. The van der Waals surface area contributed by atoms with Gasteiger partial charge < -0.3 is 16.0 Å². The fourth-order valence-electron chi connectivity index (χ4n) is 1.25. The van der Waals surface area contributed by atoms with E-state index in [9.17, 15) is 4.39 Å². The summed E-state index contributed by atoms with van der Waals surface area (Å²) < 4.78 is 13.6. The fourth-order valence-corrected chi connectivity index (χ4v) is 1.62. The number of halogens is 2. The Hall–Kier alpha value is -0.810. The number of rotatable bonds is 5. The van der Waals surface area contributed by atoms with Crippen molar-refractivity contribution in [2.75, 3.05) is 37.7 Å². The van der Waals surface area contributed by atoms with Crippen molar-refractivity contribution in [1.82, 2.24) is 4.90 Å². The van der Waals surface area contributed by atoms with E-state index < -0.39 is 0 Å². The van der Waals surface area contributed by atoms with Gasteiger partial charge in [0, 0.05) is 19.2 Å². The van der Waals surface area contributed by atoms with Crippen LogP contribution in [0.1, 0.15) is 6.92 Å². The van der Waals surface area contributed by atoms with Gasteiger partial charge in [0.15, 0.2) is 0 Å². The van der Waals surface area contributed by atoms with Gasteiger partial charge in [0.25, 0.3) is 0 Å². The van der Waals surface area contributed by atoms with Crippen LogP contribution in [0.2, 0.25) is 0 Å². The van der Waals surface area contributed by atoms with Gasteiger partial charge in [0.05, 0.1) is 15.8 Å². The lowest BCUT2D eigenvalue weighted by Crippen LogP contribution is -2.24. The molecule has 0 aliphatic heterocycles. The largest absolute Gasteiger partial charge is 0.397 e. The highest BCUT2D eigenvalue weighted by molar-refractivity contribution is 9.10. The first kappa shape index (κ1) is 13.3. The average Bonchev–Trinajstić information content (AvgIpc) is 2.25. The third-order valence-corrected chi connectivity index (χ3v) is 3.05. The molecule has 0 bridgehead atoms. The van der Waals surface area contributed by atoms with Crippen LogP contribution in [0.15, 0.2) is 16.6 Å². The second kappa shape index (κ2) is 6.06. The topological polar surface area (TPSA) is 41.3 Å². The van der Waals surface area contributed by atoms with E-state index in [1.54, 1.807) is 6.07 Å². The van der Waals surface area contributed by atoms with Crippen LogP contribution in [0.25, 0.3) is 0 Å². The second-order valence-electron chi connectivity index (χ2n) is 3.68. The number of hydrogen-bond acceptors (Lipinski definition) is 3. The molecular formula is C11H17BrFN3. The number of nitrogens with zero attached hydrogens (tertiary/aromatic N) is 1. The number of anilines is 2. The lowest BCUT2D eigenvalue weighted by molar-refractivity contribution is 0.367. The summed E-state index contributed by atoms with van der Waals surface area (Å²) in [5.41, 5.74) is 6.96. The van der Waals surface area contributed by atoms with Crippen LogP contribution in [0.3, 0.4) is 0 Å². The lowest BCUT2D eigenvalue weighted by Gasteiger charge is -2.15. The molecule has 1 aromatic rings. The molecule has 1 aromatic carbocycles. The van der Waals surface area contributed by atoms with Gasteiger partial charge in [0.2, 0.25) is 0 Å². The van der Waals surface area contributed by atoms with E-state index in [4.69, 9.17) is 5.73 Å². The van der Waals surface area contributed by atoms with Crippen LogP contribution in [0.5, 0.6) is 0 Å². The predicted octanol–water partition coefficient (Wildman–Crippen LogP) is 2.53. The van der Waals surface area contributed by atoms with E-state index in [-0.39, 0.29) is 5.82 Å². The van der Waals surface area contributed by atoms with Crippen molar-refractivity contribution in [1.29, 1.82) is 0 Å². The SMILES string of the molecule is CCN(C)CCNc1cc(F)c(Br)cc1N. The second-order valence-corrected chi connectivity index (χ2v) is 4.53. The van der Waals surface area contributed by atoms with Crippen molar-refractivity contribution in [3.05, 3.63) is 22.4 Å². The molecule has 0 heterocycles. The molecule has 0 fully saturated rings. The van der Waals surface area contributed by atoms with Gasteiger partial charge in [-0.1, -0.05) is 6.92 Å². The zero-order valence-electron chi connectivity index (χ0n) is 9.56. The van der Waals surface area contributed by atoms with Gasteiger partial charge in [-0.25, -0.2) is 4.39 Å². The summed E-state index contributed by atoms with van der Waals surface area (Å²) in [4.78, 5) is 2.17. The lowest BCUT2D eigenvalue weighted by atomic mass is 10.2. The molecule has 5 heteroatoms. The summed E-state index contributed by atoms with van der Waals surface area (Å²) in [6, 6.07) is 2.98. The quantitative estimate of drug-likeness (QED) is 0.819. The Morgan fingerprint density at radius 2 is 2.19 bits per heavy atom. The molecule has 0 aliphatic carbocycles. The molecule has 3 N–H and O–H groups in total. The predicted molar refractivity (Wildman–Crippen MR) is 70.2 cm³/mol. The van der Waals surface area contributed by atoms with Crippen molar-refractivity contribution in [3.8, 4) is 0 Å². The molecule has 0 unspecified atom stereocenters. The molecule has 0 aliphatic rings. The highest BCUT2D eigenvalue weighted by atomic mass is 79.9. The fraction of sp³-hybridized carbons (Fsp3) is 0.455. The molecule has 0 saturated carbocycles. The molecule has 90 valence electrons. The molecular weight excluding hydrogens is 273 g/mol. The minimum absolute atomic E-state index is 0.305. The number of likely N-dealkylation sites (N-methyl/N-ethyl adjacent to an activating group) is 1. The van der Waals surface area contributed by atoms with E-state index in [0.29, 0.717) is 15.8 Å². The van der Waals surface area contributed by atoms with Crippen LogP contribution in [0, 0.1) is 5.82 Å². The normalized spacial score (nSPS) is 10.8. The van der Waals surface area contributed by atoms with Crippen molar-refractivity contribution >= 4 is 27.3 Å². The maximum absolute atomic E-state index is 13.3. The van der Waals surface area contributed by atoms with Crippen molar-refractivity contribution < 1.29 is 4.39 Å². The Morgan fingerprint density at radius 3 is 2.81 bits per heavy atom. The maximum Gasteiger partial charge on any atom is 0.139 e. The molecule has 0 atom stereocenters. The first-order chi connectivity index (χ1) is 7.54. The molecule has 1 rings (SSSR count). The van der Waals surface area contributed by atoms with E-state index >= 15 is 0 Å². The summed E-state index contributed by atoms with van der Waals surface area (Å²) in [6.45, 7) is 4.72. The Bertz CT molecular complexity index is 357. The van der Waals surface area contributed by atoms with Crippen molar-refractivity contribution in [2.45, 2.75) is 6.92 Å². The first-order valence-electron chi connectivity index (χ1n) is 5.21. The monoisotopic (exact) mass is 289 g/mol. The summed E-state index contributed by atoms with van der Waals surface area (Å²) in [5, 5.41) is 3.12. The third kappa shape index (κ3) is 3.64. The molecule has 0 aromatic heterocycles. The standard InChI is InChI=1S/C11H17BrFN3/c1-3-16(2)5-4-15-11-7-9(13)8(12)6-10(11)14/h6-7,15H,3-5,14H2,1-2H3. The smallest absolute Gasteiger partial charge is 0.139 e. The van der Waals surface area contributed by atoms with Crippen LogP contribution < -0.4 is 11.1 Å². The van der Waals surface area contributed by atoms with Gasteiger partial charge >= 0.3 is 0 Å². The van der Waals surface area contributed by atoms with Crippen molar-refractivity contribution in [2.24, 2.45) is 0 Å². The highest BCUT2D eigenvalue weighted by Crippen LogP contribution is 2.26. The van der Waals surface area contributed by atoms with Gasteiger partial charge in [-0.15, -0.1) is 0 Å². The number of nitrogens with two attached hydrogens (primary N) is 1. The average molecular weight is 290 g/mol. The van der Waals surface area contributed by atoms with Crippen LogP contribution in [-0.4, -0.2) is 31.6 Å². The van der Waals surface area contributed by atoms with Gasteiger partial charge in [-0.2, -0.15) is 0 Å². The van der Waals surface area contributed by atoms with Crippen LogP contribution >= 0.6 is 15.9 Å². The number of benzene rings is 1. The maximum atomic E-state index is 13.3. The van der Waals surface area contributed by atoms with Crippen molar-refractivity contribution in [3.63, 3.8) is 0 Å². The summed E-state index contributed by atoms with van der Waals surface area (Å²) >= 11 is 3.09. The summed E-state index contributed by atoms with van der Waals surface area (Å²) in [7, 11) is 2.03. The van der Waals surface area contributed by atoms with Crippen LogP contribution in [0.4, 0.5) is 15.8 Å². The van der Waals surface area contributed by atoms with Gasteiger partial charge in [0.1, 0.15) is 5.82 Å². The van der Waals surface area contributed by atoms with E-state index in [0.717, 1.165) is 19.6 Å². The highest BCUT2D eigenvalue weighted by Gasteiger charge is 2.05. The molecule has 3 nitrogen and oxygen atoms in total. The van der Waals surface area contributed by atoms with E-state index in [2.05, 4.69) is 33.1 Å². The minimum atomic E-state index is -0.305. The Morgan fingerprint density at radius 1 is 1.50 bits per heavy atom. The van der Waals surface area contributed by atoms with E-state index in [1.165, 1.54) is 6.07 Å². The number of nitrogens with one attached hydrogen (secondary N) is 1. The molecule has 16 heavy (non-hydrogen) atoms. The third-order valence-electron chi connectivity index (χ3n) is 2.44. The summed E-state index contributed by atoms with van der Waals surface area (Å²) in [5.74, 6) is -0.305. The molecule has 0 radical (unpaired) electrons. The molecule has 0 spiro atoms. The Kier molecular flexibility index (Phi) is 5.02. The van der Waals surface area contributed by atoms with Gasteiger partial charge in [-0.05, 0) is 35.6 Å². The molecule has 0 amide bonds. The zero-order chi connectivity index (χ0) is 12.1. The number of nitrogen functional groups attached to an aromatic ring is 1. The number of hydrogen-bond donors (Lipinski definition) is 2. The minimum Gasteiger partial charge on any atom is -0.397 e. The molecule has 0 saturated heterocycles. The Labute approximate surface area is 104 Å². The summed E-state index contributed by atoms with van der Waals surface area (Å²) in [6.07, 6.45) is 0.